The molecule has 0 bridgehead atoms. The highest BCUT2D eigenvalue weighted by Crippen LogP contribution is 2.24. The van der Waals surface area contributed by atoms with Gasteiger partial charge in [0.1, 0.15) is 5.75 Å². The molecule has 1 aromatic rings. The van der Waals surface area contributed by atoms with E-state index in [0.29, 0.717) is 12.0 Å². The third kappa shape index (κ3) is 4.34. The normalized spacial score (nSPS) is 14.6. The SMILES string of the molecule is CCCC(NC)C(C)c1ccc(OC(C)C)cc1. The summed E-state index contributed by atoms with van der Waals surface area (Å²) < 4.78 is 5.67. The zero-order chi connectivity index (χ0) is 13.5. The maximum absolute atomic E-state index is 5.67. The summed E-state index contributed by atoms with van der Waals surface area (Å²) >= 11 is 0. The van der Waals surface area contributed by atoms with Crippen LogP contribution in [0.4, 0.5) is 0 Å². The van der Waals surface area contributed by atoms with Crippen LogP contribution < -0.4 is 10.1 Å². The van der Waals surface area contributed by atoms with Crippen LogP contribution in [-0.4, -0.2) is 19.2 Å². The van der Waals surface area contributed by atoms with E-state index in [4.69, 9.17) is 4.74 Å². The standard InChI is InChI=1S/C16H27NO/c1-6-7-16(17-5)13(4)14-8-10-15(11-9-14)18-12(2)3/h8-13,16-17H,6-7H2,1-5H3. The summed E-state index contributed by atoms with van der Waals surface area (Å²) in [5.41, 5.74) is 1.37. The van der Waals surface area contributed by atoms with Crippen molar-refractivity contribution >= 4 is 0 Å². The summed E-state index contributed by atoms with van der Waals surface area (Å²) in [5, 5.41) is 3.42. The van der Waals surface area contributed by atoms with Crippen LogP contribution in [0, 0.1) is 0 Å². The third-order valence-electron chi connectivity index (χ3n) is 3.35. The Morgan fingerprint density at radius 2 is 1.72 bits per heavy atom. The van der Waals surface area contributed by atoms with Crippen molar-refractivity contribution in [1.29, 1.82) is 0 Å². The highest BCUT2D eigenvalue weighted by atomic mass is 16.5. The van der Waals surface area contributed by atoms with Crippen LogP contribution in [0.1, 0.15) is 52.0 Å². The molecule has 0 aliphatic heterocycles. The van der Waals surface area contributed by atoms with Gasteiger partial charge in [-0.2, -0.15) is 0 Å². The average Bonchev–Trinajstić information content (AvgIpc) is 2.35. The number of benzene rings is 1. The molecule has 0 spiro atoms. The van der Waals surface area contributed by atoms with Crippen molar-refractivity contribution in [2.24, 2.45) is 0 Å². The van der Waals surface area contributed by atoms with Crippen LogP contribution in [-0.2, 0) is 0 Å². The van der Waals surface area contributed by atoms with E-state index in [-0.39, 0.29) is 6.10 Å². The molecular weight excluding hydrogens is 222 g/mol. The van der Waals surface area contributed by atoms with Crippen LogP contribution in [0.15, 0.2) is 24.3 Å². The Hall–Kier alpha value is -1.02. The van der Waals surface area contributed by atoms with Crippen molar-refractivity contribution in [3.05, 3.63) is 29.8 Å². The molecule has 0 aliphatic carbocycles. The van der Waals surface area contributed by atoms with Crippen molar-refractivity contribution < 1.29 is 4.74 Å². The molecule has 2 atom stereocenters. The summed E-state index contributed by atoms with van der Waals surface area (Å²) in [7, 11) is 2.05. The second-order valence-electron chi connectivity index (χ2n) is 5.21. The quantitative estimate of drug-likeness (QED) is 0.789. The van der Waals surface area contributed by atoms with Crippen LogP contribution >= 0.6 is 0 Å². The molecule has 0 radical (unpaired) electrons. The van der Waals surface area contributed by atoms with Gasteiger partial charge in [0, 0.05) is 6.04 Å². The first-order chi connectivity index (χ1) is 8.58. The zero-order valence-corrected chi connectivity index (χ0v) is 12.4. The summed E-state index contributed by atoms with van der Waals surface area (Å²) in [6.45, 7) is 8.62. The van der Waals surface area contributed by atoms with Crippen molar-refractivity contribution in [2.45, 2.75) is 58.6 Å². The second kappa shape index (κ2) is 7.42. The van der Waals surface area contributed by atoms with Gasteiger partial charge in [0.25, 0.3) is 0 Å². The largest absolute Gasteiger partial charge is 0.491 e. The molecule has 1 rings (SSSR count). The van der Waals surface area contributed by atoms with E-state index in [0.717, 1.165) is 5.75 Å². The van der Waals surface area contributed by atoms with Gasteiger partial charge < -0.3 is 10.1 Å². The molecule has 2 heteroatoms. The number of hydrogen-bond donors (Lipinski definition) is 1. The fourth-order valence-corrected chi connectivity index (χ4v) is 2.31. The van der Waals surface area contributed by atoms with Gasteiger partial charge in [0.2, 0.25) is 0 Å². The highest BCUT2D eigenvalue weighted by molar-refractivity contribution is 5.30. The number of likely N-dealkylation sites (N-methyl/N-ethyl adjacent to an activating group) is 1. The van der Waals surface area contributed by atoms with Crippen molar-refractivity contribution in [3.63, 3.8) is 0 Å². The fourth-order valence-electron chi connectivity index (χ4n) is 2.31. The van der Waals surface area contributed by atoms with E-state index in [2.05, 4.69) is 57.3 Å². The Morgan fingerprint density at radius 3 is 2.17 bits per heavy atom. The number of hydrogen-bond acceptors (Lipinski definition) is 2. The average molecular weight is 249 g/mol. The molecule has 2 unspecified atom stereocenters. The Kier molecular flexibility index (Phi) is 6.20. The number of ether oxygens (including phenoxy) is 1. The lowest BCUT2D eigenvalue weighted by atomic mass is 9.90. The lowest BCUT2D eigenvalue weighted by Crippen LogP contribution is -2.30. The summed E-state index contributed by atoms with van der Waals surface area (Å²) in [5.74, 6) is 1.49. The predicted molar refractivity (Wildman–Crippen MR) is 78.4 cm³/mol. The monoisotopic (exact) mass is 249 g/mol. The van der Waals surface area contributed by atoms with Gasteiger partial charge in [0.05, 0.1) is 6.10 Å². The van der Waals surface area contributed by atoms with E-state index in [1.807, 2.05) is 7.05 Å². The molecule has 1 aromatic carbocycles. The molecule has 0 aromatic heterocycles. The number of rotatable bonds is 7. The highest BCUT2D eigenvalue weighted by Gasteiger charge is 2.16. The first-order valence-electron chi connectivity index (χ1n) is 7.02. The van der Waals surface area contributed by atoms with Crippen LogP contribution in [0.2, 0.25) is 0 Å². The minimum atomic E-state index is 0.235. The van der Waals surface area contributed by atoms with Crippen molar-refractivity contribution in [3.8, 4) is 5.75 Å². The maximum atomic E-state index is 5.67. The molecule has 0 saturated heterocycles. The molecule has 0 heterocycles. The van der Waals surface area contributed by atoms with Gasteiger partial charge in [-0.3, -0.25) is 0 Å². The van der Waals surface area contributed by atoms with Gasteiger partial charge in [0.15, 0.2) is 0 Å². The topological polar surface area (TPSA) is 21.3 Å². The smallest absolute Gasteiger partial charge is 0.119 e. The zero-order valence-electron chi connectivity index (χ0n) is 12.4. The van der Waals surface area contributed by atoms with Crippen LogP contribution in [0.5, 0.6) is 5.75 Å². The van der Waals surface area contributed by atoms with Gasteiger partial charge in [-0.05, 0) is 50.9 Å². The molecule has 0 fully saturated rings. The summed E-state index contributed by atoms with van der Waals surface area (Å²) in [6, 6.07) is 9.06. The fraction of sp³-hybridized carbons (Fsp3) is 0.625. The molecule has 1 N–H and O–H groups in total. The van der Waals surface area contributed by atoms with Gasteiger partial charge >= 0.3 is 0 Å². The number of nitrogens with one attached hydrogen (secondary N) is 1. The van der Waals surface area contributed by atoms with Crippen molar-refractivity contribution in [2.75, 3.05) is 7.05 Å². The molecule has 2 nitrogen and oxygen atoms in total. The predicted octanol–water partition coefficient (Wildman–Crippen LogP) is 3.97. The Bertz CT molecular complexity index is 331. The van der Waals surface area contributed by atoms with Crippen molar-refractivity contribution in [1.82, 2.24) is 5.32 Å². The molecule has 0 aliphatic rings. The van der Waals surface area contributed by atoms with E-state index in [1.165, 1.54) is 18.4 Å². The molecule has 0 amide bonds. The minimum Gasteiger partial charge on any atom is -0.491 e. The lowest BCUT2D eigenvalue weighted by Gasteiger charge is -2.23. The van der Waals surface area contributed by atoms with Gasteiger partial charge in [-0.25, -0.2) is 0 Å². The Labute approximate surface area is 112 Å². The van der Waals surface area contributed by atoms with E-state index in [9.17, 15) is 0 Å². The molecule has 102 valence electrons. The summed E-state index contributed by atoms with van der Waals surface area (Å²) in [6.07, 6.45) is 2.66. The minimum absolute atomic E-state index is 0.235. The Morgan fingerprint density at radius 1 is 1.11 bits per heavy atom. The first kappa shape index (κ1) is 15.0. The van der Waals surface area contributed by atoms with E-state index in [1.54, 1.807) is 0 Å². The summed E-state index contributed by atoms with van der Waals surface area (Å²) in [4.78, 5) is 0. The molecule has 0 saturated carbocycles. The lowest BCUT2D eigenvalue weighted by molar-refractivity contribution is 0.242. The van der Waals surface area contributed by atoms with E-state index >= 15 is 0 Å². The van der Waals surface area contributed by atoms with Gasteiger partial charge in [-0.15, -0.1) is 0 Å². The molecule has 18 heavy (non-hydrogen) atoms. The maximum Gasteiger partial charge on any atom is 0.119 e. The third-order valence-corrected chi connectivity index (χ3v) is 3.35. The van der Waals surface area contributed by atoms with Crippen LogP contribution in [0.3, 0.4) is 0 Å². The second-order valence-corrected chi connectivity index (χ2v) is 5.21. The molecular formula is C16H27NO. The van der Waals surface area contributed by atoms with Crippen LogP contribution in [0.25, 0.3) is 0 Å². The van der Waals surface area contributed by atoms with E-state index < -0.39 is 0 Å². The first-order valence-corrected chi connectivity index (χ1v) is 7.02. The van der Waals surface area contributed by atoms with Gasteiger partial charge in [-0.1, -0.05) is 32.4 Å². The Balaban J connectivity index is 2.71.